The summed E-state index contributed by atoms with van der Waals surface area (Å²) >= 11 is 0. The normalized spacial score (nSPS) is 57.6. The Hall–Kier alpha value is -2.05. The average molecular weight is 384 g/mol. The number of fused-ring (bicyclic) bond motifs is 12. The summed E-state index contributed by atoms with van der Waals surface area (Å²) in [7, 11) is 0. The molecule has 0 radical (unpaired) electrons. The monoisotopic (exact) mass is 384 g/mol. The Morgan fingerprint density at radius 1 is 0.607 bits per heavy atom. The lowest BCUT2D eigenvalue weighted by Crippen LogP contribution is -2.48. The van der Waals surface area contributed by atoms with Gasteiger partial charge in [-0.1, -0.05) is 0 Å². The first-order valence-electron chi connectivity index (χ1n) is 10.4. The van der Waals surface area contributed by atoms with E-state index in [0.29, 0.717) is 12.8 Å². The fraction of sp³-hybridized carbons (Fsp3) is 0.762. The molecule has 5 aliphatic carbocycles. The lowest BCUT2D eigenvalue weighted by Gasteiger charge is -2.41. The molecule has 2 heterocycles. The third-order valence-electron chi connectivity index (χ3n) is 9.85. The van der Waals surface area contributed by atoms with Crippen molar-refractivity contribution in [3.63, 3.8) is 0 Å². The summed E-state index contributed by atoms with van der Waals surface area (Å²) in [5, 5.41) is 0. The molecule has 28 heavy (non-hydrogen) atoms. The maximum absolute atomic E-state index is 14.0. The van der Waals surface area contributed by atoms with Crippen molar-refractivity contribution in [2.45, 2.75) is 38.5 Å². The first-order chi connectivity index (χ1) is 13.4. The van der Waals surface area contributed by atoms with Crippen LogP contribution in [0.2, 0.25) is 0 Å². The van der Waals surface area contributed by atoms with Crippen LogP contribution in [0.1, 0.15) is 38.5 Å². The molecule has 7 fully saturated rings. The highest BCUT2D eigenvalue weighted by Crippen LogP contribution is 2.75. The number of hydrogen-bond donors (Lipinski definition) is 0. The number of carbonyl (C=O) groups excluding carboxylic acids is 5. The van der Waals surface area contributed by atoms with Crippen LogP contribution in [-0.4, -0.2) is 29.7 Å². The number of Topliss-reactive ketones (excluding diaryl/α,β-unsaturated/α-hetero) is 1. The Bertz CT molecular complexity index is 850. The van der Waals surface area contributed by atoms with Gasteiger partial charge in [-0.3, -0.25) is 24.0 Å². The van der Waals surface area contributed by atoms with Gasteiger partial charge in [0.15, 0.2) is 0 Å². The molecular weight excluding hydrogens is 364 g/mol. The second kappa shape index (κ2) is 4.41. The number of carbonyl (C=O) groups is 5. The number of ether oxygens (including phenoxy) is 2. The summed E-state index contributed by atoms with van der Waals surface area (Å²) in [6.07, 6.45) is 4.27. The number of ketones is 1. The maximum atomic E-state index is 14.0. The van der Waals surface area contributed by atoms with Gasteiger partial charge >= 0.3 is 23.9 Å². The van der Waals surface area contributed by atoms with Gasteiger partial charge in [-0.15, -0.1) is 0 Å². The van der Waals surface area contributed by atoms with Crippen LogP contribution in [0.4, 0.5) is 0 Å². The molecule has 0 aromatic rings. The molecule has 7 nitrogen and oxygen atoms in total. The molecule has 0 N–H and O–H groups in total. The number of hydrogen-bond acceptors (Lipinski definition) is 7. The highest BCUT2D eigenvalue weighted by atomic mass is 16.6. The van der Waals surface area contributed by atoms with E-state index in [2.05, 4.69) is 0 Å². The lowest BCUT2D eigenvalue weighted by atomic mass is 9.58. The molecular formula is C21H20O7. The van der Waals surface area contributed by atoms with Crippen LogP contribution in [0.15, 0.2) is 0 Å². The quantitative estimate of drug-likeness (QED) is 0.454. The van der Waals surface area contributed by atoms with Gasteiger partial charge in [-0.25, -0.2) is 0 Å². The van der Waals surface area contributed by atoms with E-state index in [1.54, 1.807) is 0 Å². The van der Waals surface area contributed by atoms with Crippen molar-refractivity contribution >= 4 is 29.7 Å². The Morgan fingerprint density at radius 3 is 1.43 bits per heavy atom. The molecule has 0 amide bonds. The van der Waals surface area contributed by atoms with Gasteiger partial charge in [0.05, 0.1) is 23.7 Å². The minimum absolute atomic E-state index is 0.0532. The minimum atomic E-state index is -0.554. The molecule has 0 aromatic heterocycles. The van der Waals surface area contributed by atoms with Crippen molar-refractivity contribution in [2.75, 3.05) is 0 Å². The molecule has 146 valence electrons. The highest BCUT2D eigenvalue weighted by molar-refractivity contribution is 6.02. The zero-order chi connectivity index (χ0) is 19.2. The van der Waals surface area contributed by atoms with E-state index >= 15 is 0 Å². The number of cyclic esters (lactones) is 4. The molecule has 2 saturated heterocycles. The van der Waals surface area contributed by atoms with E-state index in [4.69, 9.17) is 9.47 Å². The Balaban J connectivity index is 1.27. The molecule has 4 bridgehead atoms. The number of rotatable bonds is 0. The standard InChI is InChI=1S/C21H20O7/c22-15-11-7-3-9(13(11)17(24)27-15)20(5-7)1-2-21(19(20)26)6-8-4-10(21)14-12(8)16(23)28-18(14)25/h7-14H,1-6H2/t7-,8?,9+,10-,11?,12+,13+,14-,20?,21?/m0/s1. The fourth-order valence-electron chi connectivity index (χ4n) is 9.16. The zero-order valence-corrected chi connectivity index (χ0v) is 15.2. The van der Waals surface area contributed by atoms with E-state index in [1.807, 2.05) is 0 Å². The van der Waals surface area contributed by atoms with Crippen LogP contribution < -0.4 is 0 Å². The lowest BCUT2D eigenvalue weighted by molar-refractivity contribution is -0.156. The summed E-state index contributed by atoms with van der Waals surface area (Å²) in [4.78, 5) is 62.8. The molecule has 7 heteroatoms. The molecule has 10 atom stereocenters. The van der Waals surface area contributed by atoms with Gasteiger partial charge < -0.3 is 9.47 Å². The third kappa shape index (κ3) is 1.40. The average Bonchev–Trinajstić information content (AvgIpc) is 3.46. The SMILES string of the molecule is O=C1OC(=O)[C@H]2C1[C@H]1C[C@H]2C2(CCC3(CC4C[C@H]3[C@@H]3C(=O)OC(=O)[C@H]43)C2=O)C1. The smallest absolute Gasteiger partial charge is 0.317 e. The van der Waals surface area contributed by atoms with Gasteiger partial charge in [0.25, 0.3) is 0 Å². The predicted octanol–water partition coefficient (Wildman–Crippen LogP) is 1.03. The molecule has 0 aromatic carbocycles. The van der Waals surface area contributed by atoms with E-state index in [0.717, 1.165) is 25.7 Å². The topological polar surface area (TPSA) is 104 Å². The summed E-state index contributed by atoms with van der Waals surface area (Å²) in [5.41, 5.74) is -1.11. The Morgan fingerprint density at radius 2 is 1.00 bits per heavy atom. The first kappa shape index (κ1) is 15.8. The molecule has 7 aliphatic rings. The van der Waals surface area contributed by atoms with E-state index in [9.17, 15) is 24.0 Å². The summed E-state index contributed by atoms with van der Waals surface area (Å²) in [5.74, 6) is -3.28. The van der Waals surface area contributed by atoms with Gasteiger partial charge in [-0.2, -0.15) is 0 Å². The first-order valence-corrected chi connectivity index (χ1v) is 10.4. The summed E-state index contributed by atoms with van der Waals surface area (Å²) < 4.78 is 9.82. The summed E-state index contributed by atoms with van der Waals surface area (Å²) in [6.45, 7) is 0. The molecule has 2 spiro atoms. The van der Waals surface area contributed by atoms with Gasteiger partial charge in [0, 0.05) is 10.8 Å². The van der Waals surface area contributed by atoms with Gasteiger partial charge in [0.1, 0.15) is 5.78 Å². The number of esters is 4. The van der Waals surface area contributed by atoms with Crippen LogP contribution in [0.5, 0.6) is 0 Å². The van der Waals surface area contributed by atoms with Crippen molar-refractivity contribution in [3.05, 3.63) is 0 Å². The molecule has 2 aliphatic heterocycles. The van der Waals surface area contributed by atoms with Crippen molar-refractivity contribution < 1.29 is 33.4 Å². The van der Waals surface area contributed by atoms with E-state index in [-0.39, 0.29) is 41.3 Å². The summed E-state index contributed by atoms with van der Waals surface area (Å²) in [6, 6.07) is 0. The Kier molecular flexibility index (Phi) is 2.49. The molecule has 5 saturated carbocycles. The molecule has 7 rings (SSSR count). The van der Waals surface area contributed by atoms with Crippen LogP contribution in [0.25, 0.3) is 0 Å². The van der Waals surface area contributed by atoms with Crippen molar-refractivity contribution in [1.29, 1.82) is 0 Å². The van der Waals surface area contributed by atoms with Crippen LogP contribution >= 0.6 is 0 Å². The maximum Gasteiger partial charge on any atom is 0.317 e. The van der Waals surface area contributed by atoms with Gasteiger partial charge in [-0.05, 0) is 62.2 Å². The van der Waals surface area contributed by atoms with E-state index in [1.165, 1.54) is 0 Å². The fourth-order valence-corrected chi connectivity index (χ4v) is 9.16. The second-order valence-electron chi connectivity index (χ2n) is 10.3. The third-order valence-corrected chi connectivity index (χ3v) is 9.85. The second-order valence-corrected chi connectivity index (χ2v) is 10.3. The van der Waals surface area contributed by atoms with Crippen molar-refractivity contribution in [1.82, 2.24) is 0 Å². The Labute approximate surface area is 160 Å². The van der Waals surface area contributed by atoms with Gasteiger partial charge in [0.2, 0.25) is 0 Å². The van der Waals surface area contributed by atoms with E-state index < -0.39 is 46.5 Å². The van der Waals surface area contributed by atoms with Crippen LogP contribution in [-0.2, 0) is 33.4 Å². The van der Waals surface area contributed by atoms with Crippen LogP contribution in [0.3, 0.4) is 0 Å². The highest BCUT2D eigenvalue weighted by Gasteiger charge is 2.78. The minimum Gasteiger partial charge on any atom is -0.393 e. The van der Waals surface area contributed by atoms with Crippen molar-refractivity contribution in [2.24, 2.45) is 58.2 Å². The van der Waals surface area contributed by atoms with Crippen molar-refractivity contribution in [3.8, 4) is 0 Å². The zero-order valence-electron chi connectivity index (χ0n) is 15.2. The largest absolute Gasteiger partial charge is 0.393 e. The van der Waals surface area contributed by atoms with Crippen LogP contribution in [0, 0.1) is 58.2 Å². The molecule has 4 unspecified atom stereocenters. The predicted molar refractivity (Wildman–Crippen MR) is 87.7 cm³/mol.